The summed E-state index contributed by atoms with van der Waals surface area (Å²) < 4.78 is 6.94. The standard InChI is InChI=1S/C21H18N2O3S2/c1-13(24)14-6-8-15(9-7-14)23-20(25)19-17(12-28-21-22-10-11-27-21)16-4-2-3-5-18(16)26-19/h2-9H,10-12H2,1H3,(H,23,25). The van der Waals surface area contributed by atoms with E-state index in [9.17, 15) is 9.59 Å². The Bertz CT molecular complexity index is 1070. The first kappa shape index (κ1) is 18.8. The number of carbonyl (C=O) groups excluding carboxylic acids is 2. The average molecular weight is 411 g/mol. The number of aliphatic imine (C=N–C) groups is 1. The fourth-order valence-corrected chi connectivity index (χ4v) is 4.98. The van der Waals surface area contributed by atoms with Crippen LogP contribution in [0, 0.1) is 0 Å². The summed E-state index contributed by atoms with van der Waals surface area (Å²) in [5.41, 5.74) is 2.78. The van der Waals surface area contributed by atoms with Crippen molar-refractivity contribution in [2.24, 2.45) is 4.99 Å². The number of anilines is 1. The van der Waals surface area contributed by atoms with Gasteiger partial charge in [0.15, 0.2) is 11.5 Å². The first-order valence-corrected chi connectivity index (χ1v) is 10.8. The number of furan rings is 1. The van der Waals surface area contributed by atoms with Crippen LogP contribution in [0.1, 0.15) is 33.4 Å². The fraction of sp³-hybridized carbons (Fsp3) is 0.190. The van der Waals surface area contributed by atoms with Crippen LogP contribution >= 0.6 is 23.5 Å². The highest BCUT2D eigenvalue weighted by Gasteiger charge is 2.22. The molecule has 0 spiro atoms. The third-order valence-electron chi connectivity index (χ3n) is 4.35. The zero-order valence-electron chi connectivity index (χ0n) is 15.2. The quantitative estimate of drug-likeness (QED) is 0.584. The Morgan fingerprint density at radius 3 is 2.68 bits per heavy atom. The molecule has 1 amide bonds. The minimum absolute atomic E-state index is 0.0119. The topological polar surface area (TPSA) is 71.7 Å². The molecule has 0 saturated heterocycles. The van der Waals surface area contributed by atoms with Crippen LogP contribution < -0.4 is 5.32 Å². The van der Waals surface area contributed by atoms with Crippen molar-refractivity contribution in [2.45, 2.75) is 12.7 Å². The highest BCUT2D eigenvalue weighted by Crippen LogP contribution is 2.33. The number of nitrogens with zero attached hydrogens (tertiary/aromatic N) is 1. The molecular weight excluding hydrogens is 392 g/mol. The number of hydrogen-bond acceptors (Lipinski definition) is 6. The number of Topliss-reactive ketones (excluding diaryl/α,β-unsaturated/α-hetero) is 1. The first-order chi connectivity index (χ1) is 13.6. The number of fused-ring (bicyclic) bond motifs is 1. The average Bonchev–Trinajstić information content (AvgIpc) is 3.34. The molecule has 0 radical (unpaired) electrons. The lowest BCUT2D eigenvalue weighted by Crippen LogP contribution is -2.13. The molecule has 1 N–H and O–H groups in total. The van der Waals surface area contributed by atoms with Gasteiger partial charge in [0.1, 0.15) is 9.96 Å². The highest BCUT2D eigenvalue weighted by molar-refractivity contribution is 8.38. The Hall–Kier alpha value is -2.51. The molecule has 28 heavy (non-hydrogen) atoms. The second-order valence-electron chi connectivity index (χ2n) is 6.28. The molecule has 0 atom stereocenters. The number of thioether (sulfide) groups is 2. The second-order valence-corrected chi connectivity index (χ2v) is 8.58. The van der Waals surface area contributed by atoms with Gasteiger partial charge in [0.25, 0.3) is 5.91 Å². The van der Waals surface area contributed by atoms with Crippen LogP contribution in [-0.2, 0) is 5.75 Å². The minimum atomic E-state index is -0.302. The van der Waals surface area contributed by atoms with Gasteiger partial charge in [-0.3, -0.25) is 14.6 Å². The van der Waals surface area contributed by atoms with E-state index < -0.39 is 0 Å². The maximum atomic E-state index is 12.9. The van der Waals surface area contributed by atoms with Gasteiger partial charge in [-0.25, -0.2) is 0 Å². The summed E-state index contributed by atoms with van der Waals surface area (Å²) in [4.78, 5) is 28.8. The van der Waals surface area contributed by atoms with E-state index in [4.69, 9.17) is 4.42 Å². The van der Waals surface area contributed by atoms with E-state index in [0.29, 0.717) is 28.3 Å². The lowest BCUT2D eigenvalue weighted by atomic mass is 10.1. The number of nitrogens with one attached hydrogen (secondary N) is 1. The molecule has 0 bridgehead atoms. The second kappa shape index (κ2) is 8.24. The van der Waals surface area contributed by atoms with E-state index in [1.54, 1.807) is 47.8 Å². The van der Waals surface area contributed by atoms with Gasteiger partial charge < -0.3 is 9.73 Å². The van der Waals surface area contributed by atoms with Crippen molar-refractivity contribution >= 4 is 56.2 Å². The number of benzene rings is 2. The molecule has 0 fully saturated rings. The van der Waals surface area contributed by atoms with Crippen molar-refractivity contribution in [2.75, 3.05) is 17.6 Å². The van der Waals surface area contributed by atoms with Crippen LogP contribution in [0.5, 0.6) is 0 Å². The zero-order valence-corrected chi connectivity index (χ0v) is 16.9. The molecule has 5 nitrogen and oxygen atoms in total. The number of rotatable bonds is 5. The van der Waals surface area contributed by atoms with Crippen LogP contribution in [0.25, 0.3) is 11.0 Å². The van der Waals surface area contributed by atoms with Crippen LogP contribution in [-0.4, -0.2) is 28.4 Å². The number of ketones is 1. The monoisotopic (exact) mass is 410 g/mol. The smallest absolute Gasteiger partial charge is 0.291 e. The maximum Gasteiger partial charge on any atom is 0.291 e. The predicted octanol–water partition coefficient (Wildman–Crippen LogP) is 5.22. The van der Waals surface area contributed by atoms with Crippen molar-refractivity contribution in [1.29, 1.82) is 0 Å². The Morgan fingerprint density at radius 1 is 1.18 bits per heavy atom. The summed E-state index contributed by atoms with van der Waals surface area (Å²) in [5.74, 6) is 1.63. The number of amides is 1. The third-order valence-corrected chi connectivity index (χ3v) is 6.63. The summed E-state index contributed by atoms with van der Waals surface area (Å²) >= 11 is 3.38. The van der Waals surface area contributed by atoms with E-state index >= 15 is 0 Å². The number of carbonyl (C=O) groups is 2. The molecule has 1 aliphatic heterocycles. The Labute approximate surface area is 171 Å². The fourth-order valence-electron chi connectivity index (χ4n) is 2.94. The van der Waals surface area contributed by atoms with Gasteiger partial charge in [-0.05, 0) is 37.3 Å². The third kappa shape index (κ3) is 4.00. The molecule has 142 valence electrons. The van der Waals surface area contributed by atoms with E-state index in [1.165, 1.54) is 6.92 Å². The summed E-state index contributed by atoms with van der Waals surface area (Å²) in [5, 5.41) is 3.81. The lowest BCUT2D eigenvalue weighted by molar-refractivity contribution is 0.0995. The summed E-state index contributed by atoms with van der Waals surface area (Å²) in [6.07, 6.45) is 0. The van der Waals surface area contributed by atoms with Crippen molar-refractivity contribution in [1.82, 2.24) is 0 Å². The van der Waals surface area contributed by atoms with Gasteiger partial charge in [-0.15, -0.1) is 0 Å². The number of hydrogen-bond donors (Lipinski definition) is 1. The molecule has 4 rings (SSSR count). The van der Waals surface area contributed by atoms with Gasteiger partial charge in [0.2, 0.25) is 0 Å². The molecule has 7 heteroatoms. The molecule has 2 aromatic carbocycles. The molecule has 3 aromatic rings. The molecule has 0 aliphatic carbocycles. The van der Waals surface area contributed by atoms with Gasteiger partial charge in [0.05, 0.1) is 6.54 Å². The van der Waals surface area contributed by atoms with E-state index in [-0.39, 0.29) is 11.7 Å². The van der Waals surface area contributed by atoms with Crippen molar-refractivity contribution in [3.05, 3.63) is 65.4 Å². The minimum Gasteiger partial charge on any atom is -0.451 e. The molecule has 0 unspecified atom stereocenters. The van der Waals surface area contributed by atoms with Crippen molar-refractivity contribution in [3.63, 3.8) is 0 Å². The van der Waals surface area contributed by atoms with Gasteiger partial charge in [0, 0.05) is 33.7 Å². The predicted molar refractivity (Wildman–Crippen MR) is 117 cm³/mol. The summed E-state index contributed by atoms with van der Waals surface area (Å²) in [6, 6.07) is 14.5. The SMILES string of the molecule is CC(=O)c1ccc(NC(=O)c2oc3ccccc3c2CSC2=NCCS2)cc1. The zero-order chi connectivity index (χ0) is 19.5. The van der Waals surface area contributed by atoms with E-state index in [2.05, 4.69) is 10.3 Å². The molecule has 1 aromatic heterocycles. The maximum absolute atomic E-state index is 12.9. The first-order valence-electron chi connectivity index (χ1n) is 8.84. The lowest BCUT2D eigenvalue weighted by Gasteiger charge is -2.06. The van der Waals surface area contributed by atoms with Crippen molar-refractivity contribution in [3.8, 4) is 0 Å². The van der Waals surface area contributed by atoms with Gasteiger partial charge in [-0.2, -0.15) is 0 Å². The Balaban J connectivity index is 1.60. The molecular formula is C21H18N2O3S2. The molecule has 1 aliphatic rings. The van der Waals surface area contributed by atoms with Crippen LogP contribution in [0.15, 0.2) is 57.9 Å². The summed E-state index contributed by atoms with van der Waals surface area (Å²) in [7, 11) is 0. The normalized spacial score (nSPS) is 13.5. The van der Waals surface area contributed by atoms with Gasteiger partial charge >= 0.3 is 0 Å². The van der Waals surface area contributed by atoms with E-state index in [1.807, 2.05) is 24.3 Å². The summed E-state index contributed by atoms with van der Waals surface area (Å²) in [6.45, 7) is 2.36. The number of para-hydroxylation sites is 1. The van der Waals surface area contributed by atoms with Crippen LogP contribution in [0.3, 0.4) is 0 Å². The Morgan fingerprint density at radius 2 is 1.96 bits per heavy atom. The highest BCUT2D eigenvalue weighted by atomic mass is 32.2. The molecule has 2 heterocycles. The molecule has 0 saturated carbocycles. The van der Waals surface area contributed by atoms with Crippen LogP contribution in [0.4, 0.5) is 5.69 Å². The Kier molecular flexibility index (Phi) is 5.54. The van der Waals surface area contributed by atoms with Crippen molar-refractivity contribution < 1.29 is 14.0 Å². The van der Waals surface area contributed by atoms with Crippen LogP contribution in [0.2, 0.25) is 0 Å². The van der Waals surface area contributed by atoms with Gasteiger partial charge in [-0.1, -0.05) is 41.7 Å². The largest absolute Gasteiger partial charge is 0.451 e. The van der Waals surface area contributed by atoms with E-state index in [0.717, 1.165) is 27.6 Å².